The van der Waals surface area contributed by atoms with E-state index in [-0.39, 0.29) is 5.56 Å². The topological polar surface area (TPSA) is 28.8 Å². The van der Waals surface area contributed by atoms with Crippen molar-refractivity contribution in [1.29, 1.82) is 5.41 Å². The Bertz CT molecular complexity index is 807. The fraction of sp³-hybridized carbons (Fsp3) is 0.0556. The van der Waals surface area contributed by atoms with Crippen molar-refractivity contribution in [2.24, 2.45) is 0 Å². The van der Waals surface area contributed by atoms with Gasteiger partial charge in [-0.2, -0.15) is 0 Å². The molecule has 3 rings (SSSR count). The second-order valence-electron chi connectivity index (χ2n) is 5.04. The van der Waals surface area contributed by atoms with Gasteiger partial charge in [0, 0.05) is 30.1 Å². The minimum absolute atomic E-state index is 0.204. The number of nitrogens with zero attached hydrogens (tertiary/aromatic N) is 1. The average molecular weight is 296 g/mol. The smallest absolute Gasteiger partial charge is 0.131 e. The number of benzene rings is 2. The molecular formula is C18H14F2N2. The molecule has 3 aromatic rings. The lowest BCUT2D eigenvalue weighted by Crippen LogP contribution is -2.01. The minimum Gasteiger partial charge on any atom is -0.342 e. The van der Waals surface area contributed by atoms with Crippen LogP contribution in [0.2, 0.25) is 0 Å². The molecule has 0 saturated heterocycles. The predicted molar refractivity (Wildman–Crippen MR) is 83.2 cm³/mol. The standard InChI is InChI=1S/C18H14F2N2/c19-15-6-7-18(20)17(9-15)14-8-16(10-21)22(12-14)11-13-4-2-1-3-5-13/h1-10,12,21H,11H2. The number of rotatable bonds is 4. The first-order valence-corrected chi connectivity index (χ1v) is 6.87. The van der Waals surface area contributed by atoms with Crippen LogP contribution < -0.4 is 0 Å². The third-order valence-electron chi connectivity index (χ3n) is 3.51. The molecule has 0 saturated carbocycles. The molecule has 0 fully saturated rings. The second kappa shape index (κ2) is 5.93. The van der Waals surface area contributed by atoms with Crippen molar-refractivity contribution in [3.8, 4) is 11.1 Å². The van der Waals surface area contributed by atoms with Crippen LogP contribution in [0.25, 0.3) is 11.1 Å². The Morgan fingerprint density at radius 2 is 1.77 bits per heavy atom. The Hall–Kier alpha value is -2.75. The molecule has 1 heterocycles. The minimum atomic E-state index is -0.483. The Morgan fingerprint density at radius 1 is 1.00 bits per heavy atom. The van der Waals surface area contributed by atoms with Crippen LogP contribution in [0.5, 0.6) is 0 Å². The third-order valence-corrected chi connectivity index (χ3v) is 3.51. The van der Waals surface area contributed by atoms with Crippen LogP contribution in [0.1, 0.15) is 11.3 Å². The van der Waals surface area contributed by atoms with Gasteiger partial charge in [0.25, 0.3) is 0 Å². The first kappa shape index (κ1) is 14.2. The van der Waals surface area contributed by atoms with Crippen molar-refractivity contribution in [1.82, 2.24) is 4.57 Å². The molecule has 0 amide bonds. The van der Waals surface area contributed by atoms with Gasteiger partial charge in [0.05, 0.1) is 5.69 Å². The van der Waals surface area contributed by atoms with Crippen LogP contribution in [-0.2, 0) is 6.54 Å². The zero-order valence-electron chi connectivity index (χ0n) is 11.8. The van der Waals surface area contributed by atoms with Crippen molar-refractivity contribution in [3.63, 3.8) is 0 Å². The van der Waals surface area contributed by atoms with Crippen molar-refractivity contribution in [3.05, 3.63) is 83.7 Å². The largest absolute Gasteiger partial charge is 0.342 e. The van der Waals surface area contributed by atoms with Crippen LogP contribution in [-0.4, -0.2) is 10.8 Å². The van der Waals surface area contributed by atoms with Crippen LogP contribution in [0, 0.1) is 17.0 Å². The zero-order chi connectivity index (χ0) is 15.5. The average Bonchev–Trinajstić information content (AvgIpc) is 2.93. The highest BCUT2D eigenvalue weighted by Crippen LogP contribution is 2.26. The van der Waals surface area contributed by atoms with Crippen molar-refractivity contribution < 1.29 is 8.78 Å². The molecule has 110 valence electrons. The number of aromatic nitrogens is 1. The molecule has 1 N–H and O–H groups in total. The summed E-state index contributed by atoms with van der Waals surface area (Å²) in [5.41, 5.74) is 2.48. The lowest BCUT2D eigenvalue weighted by molar-refractivity contribution is 0.603. The summed E-state index contributed by atoms with van der Waals surface area (Å²) in [4.78, 5) is 0. The van der Waals surface area contributed by atoms with E-state index in [0.29, 0.717) is 17.8 Å². The van der Waals surface area contributed by atoms with Gasteiger partial charge in [-0.1, -0.05) is 30.3 Å². The summed E-state index contributed by atoms with van der Waals surface area (Å²) in [6.07, 6.45) is 2.95. The van der Waals surface area contributed by atoms with E-state index in [9.17, 15) is 8.78 Å². The highest BCUT2D eigenvalue weighted by atomic mass is 19.1. The maximum absolute atomic E-state index is 13.9. The Morgan fingerprint density at radius 3 is 2.50 bits per heavy atom. The lowest BCUT2D eigenvalue weighted by atomic mass is 10.1. The molecule has 1 aromatic heterocycles. The van der Waals surface area contributed by atoms with E-state index in [4.69, 9.17) is 5.41 Å². The van der Waals surface area contributed by atoms with E-state index in [1.807, 2.05) is 34.9 Å². The fourth-order valence-electron chi connectivity index (χ4n) is 2.43. The first-order valence-electron chi connectivity index (χ1n) is 6.87. The van der Waals surface area contributed by atoms with Gasteiger partial charge in [-0.25, -0.2) is 8.78 Å². The fourth-order valence-corrected chi connectivity index (χ4v) is 2.43. The molecule has 2 nitrogen and oxygen atoms in total. The van der Waals surface area contributed by atoms with Gasteiger partial charge >= 0.3 is 0 Å². The van der Waals surface area contributed by atoms with Gasteiger partial charge in [-0.15, -0.1) is 0 Å². The van der Waals surface area contributed by atoms with E-state index < -0.39 is 11.6 Å². The molecule has 22 heavy (non-hydrogen) atoms. The van der Waals surface area contributed by atoms with E-state index in [0.717, 1.165) is 17.7 Å². The van der Waals surface area contributed by atoms with E-state index in [2.05, 4.69) is 0 Å². The first-order chi connectivity index (χ1) is 10.7. The van der Waals surface area contributed by atoms with Gasteiger partial charge in [0.1, 0.15) is 11.6 Å². The van der Waals surface area contributed by atoms with Crippen LogP contribution in [0.4, 0.5) is 8.78 Å². The number of hydrogen-bond donors (Lipinski definition) is 1. The van der Waals surface area contributed by atoms with Gasteiger partial charge in [-0.3, -0.25) is 0 Å². The Labute approximate surface area is 127 Å². The molecule has 0 radical (unpaired) electrons. The molecule has 0 aliphatic rings. The lowest BCUT2D eigenvalue weighted by Gasteiger charge is -2.05. The maximum atomic E-state index is 13.9. The van der Waals surface area contributed by atoms with Crippen molar-refractivity contribution in [2.45, 2.75) is 6.54 Å². The number of hydrogen-bond acceptors (Lipinski definition) is 1. The van der Waals surface area contributed by atoms with Gasteiger partial charge in [-0.05, 0) is 29.8 Å². The molecule has 4 heteroatoms. The molecule has 2 aromatic carbocycles. The molecule has 0 bridgehead atoms. The summed E-state index contributed by atoms with van der Waals surface area (Å²) in [6.45, 7) is 0.572. The highest BCUT2D eigenvalue weighted by molar-refractivity contribution is 5.79. The predicted octanol–water partition coefficient (Wildman–Crippen LogP) is 4.48. The SMILES string of the molecule is N=Cc1cc(-c2cc(F)ccc2F)cn1Cc1ccccc1. The van der Waals surface area contributed by atoms with Crippen LogP contribution in [0.3, 0.4) is 0 Å². The highest BCUT2D eigenvalue weighted by Gasteiger charge is 2.11. The third kappa shape index (κ3) is 2.81. The Balaban J connectivity index is 2.01. The molecular weight excluding hydrogens is 282 g/mol. The second-order valence-corrected chi connectivity index (χ2v) is 5.04. The van der Waals surface area contributed by atoms with Crippen LogP contribution >= 0.6 is 0 Å². The zero-order valence-corrected chi connectivity index (χ0v) is 11.8. The van der Waals surface area contributed by atoms with E-state index >= 15 is 0 Å². The molecule has 0 unspecified atom stereocenters. The van der Waals surface area contributed by atoms with E-state index in [1.54, 1.807) is 12.3 Å². The molecule has 0 aliphatic heterocycles. The molecule has 0 aliphatic carbocycles. The number of halogens is 2. The quantitative estimate of drug-likeness (QED) is 0.688. The Kier molecular flexibility index (Phi) is 3.83. The van der Waals surface area contributed by atoms with E-state index in [1.165, 1.54) is 12.3 Å². The molecule has 0 spiro atoms. The summed E-state index contributed by atoms with van der Waals surface area (Å²) in [7, 11) is 0. The molecule has 0 atom stereocenters. The summed E-state index contributed by atoms with van der Waals surface area (Å²) >= 11 is 0. The van der Waals surface area contributed by atoms with Crippen molar-refractivity contribution in [2.75, 3.05) is 0 Å². The normalized spacial score (nSPS) is 10.6. The summed E-state index contributed by atoms with van der Waals surface area (Å²) in [5.74, 6) is -0.960. The van der Waals surface area contributed by atoms with Gasteiger partial charge < -0.3 is 9.98 Å². The monoisotopic (exact) mass is 296 g/mol. The van der Waals surface area contributed by atoms with Gasteiger partial charge in [0.2, 0.25) is 0 Å². The summed E-state index contributed by atoms with van der Waals surface area (Å²) in [5, 5.41) is 7.51. The maximum Gasteiger partial charge on any atom is 0.131 e. The van der Waals surface area contributed by atoms with Gasteiger partial charge in [0.15, 0.2) is 0 Å². The number of nitrogens with one attached hydrogen (secondary N) is 1. The van der Waals surface area contributed by atoms with Crippen LogP contribution in [0.15, 0.2) is 60.8 Å². The summed E-state index contributed by atoms with van der Waals surface area (Å²) < 4.78 is 29.1. The summed E-state index contributed by atoms with van der Waals surface area (Å²) in [6, 6.07) is 14.8. The van der Waals surface area contributed by atoms with Crippen molar-refractivity contribution >= 4 is 6.21 Å².